The molecule has 98 valence electrons. The summed E-state index contributed by atoms with van der Waals surface area (Å²) in [5.41, 5.74) is 7.04. The van der Waals surface area contributed by atoms with Crippen LogP contribution in [0.3, 0.4) is 0 Å². The van der Waals surface area contributed by atoms with E-state index in [1.165, 1.54) is 0 Å². The van der Waals surface area contributed by atoms with Gasteiger partial charge in [0.15, 0.2) is 0 Å². The van der Waals surface area contributed by atoms with E-state index in [-0.39, 0.29) is 18.4 Å². The number of aliphatic hydroxyl groups is 1. The summed E-state index contributed by atoms with van der Waals surface area (Å²) in [6, 6.07) is 9.32. The van der Waals surface area contributed by atoms with Crippen molar-refractivity contribution < 1.29 is 9.90 Å². The lowest BCUT2D eigenvalue weighted by Gasteiger charge is -2.20. The summed E-state index contributed by atoms with van der Waals surface area (Å²) in [5.74, 6) is 0.215. The first-order valence-electron chi connectivity index (χ1n) is 6.40. The van der Waals surface area contributed by atoms with Crippen LogP contribution in [0, 0.1) is 5.92 Å². The van der Waals surface area contributed by atoms with Crippen molar-refractivity contribution >= 4 is 5.91 Å². The molecule has 0 bridgehead atoms. The van der Waals surface area contributed by atoms with Crippen molar-refractivity contribution in [1.29, 1.82) is 0 Å². The standard InChI is InChI=1S/C14H20N2O2/c15-13(8-11-4-2-1-3-5-11)14(18)16-7-6-12(9-16)10-17/h1-5,12-13,17H,6-10,15H2/t12?,13-/m0/s1. The number of hydrogen-bond donors (Lipinski definition) is 2. The molecule has 1 heterocycles. The maximum Gasteiger partial charge on any atom is 0.239 e. The van der Waals surface area contributed by atoms with Crippen molar-refractivity contribution in [3.63, 3.8) is 0 Å². The Balaban J connectivity index is 1.89. The van der Waals surface area contributed by atoms with Gasteiger partial charge >= 0.3 is 0 Å². The van der Waals surface area contributed by atoms with Gasteiger partial charge in [0.1, 0.15) is 0 Å². The number of likely N-dealkylation sites (tertiary alicyclic amines) is 1. The summed E-state index contributed by atoms with van der Waals surface area (Å²) in [7, 11) is 0. The second kappa shape index (κ2) is 5.98. The number of aliphatic hydroxyl groups excluding tert-OH is 1. The number of benzene rings is 1. The number of nitrogens with two attached hydrogens (primary N) is 1. The zero-order chi connectivity index (χ0) is 13.0. The van der Waals surface area contributed by atoms with E-state index in [0.717, 1.165) is 12.0 Å². The van der Waals surface area contributed by atoms with Gasteiger partial charge < -0.3 is 15.7 Å². The molecule has 4 nitrogen and oxygen atoms in total. The molecule has 1 fully saturated rings. The number of hydrogen-bond acceptors (Lipinski definition) is 3. The highest BCUT2D eigenvalue weighted by atomic mass is 16.3. The van der Waals surface area contributed by atoms with E-state index < -0.39 is 6.04 Å². The Morgan fingerprint density at radius 1 is 1.44 bits per heavy atom. The summed E-state index contributed by atoms with van der Waals surface area (Å²) in [4.78, 5) is 13.9. The van der Waals surface area contributed by atoms with Gasteiger partial charge in [0.2, 0.25) is 5.91 Å². The third kappa shape index (κ3) is 3.09. The van der Waals surface area contributed by atoms with Gasteiger partial charge in [-0.25, -0.2) is 0 Å². The minimum atomic E-state index is -0.482. The minimum Gasteiger partial charge on any atom is -0.396 e. The molecule has 2 rings (SSSR count). The van der Waals surface area contributed by atoms with Gasteiger partial charge in [-0.1, -0.05) is 30.3 Å². The highest BCUT2D eigenvalue weighted by molar-refractivity contribution is 5.82. The van der Waals surface area contributed by atoms with Crippen LogP contribution in [0.25, 0.3) is 0 Å². The van der Waals surface area contributed by atoms with Crippen molar-refractivity contribution in [2.75, 3.05) is 19.7 Å². The quantitative estimate of drug-likeness (QED) is 0.810. The largest absolute Gasteiger partial charge is 0.396 e. The zero-order valence-electron chi connectivity index (χ0n) is 10.5. The first kappa shape index (κ1) is 13.1. The molecule has 1 saturated heterocycles. The van der Waals surface area contributed by atoms with E-state index >= 15 is 0 Å². The predicted molar refractivity (Wildman–Crippen MR) is 69.9 cm³/mol. The van der Waals surface area contributed by atoms with E-state index in [1.807, 2.05) is 30.3 Å². The van der Waals surface area contributed by atoms with Gasteiger partial charge in [0, 0.05) is 25.6 Å². The molecular weight excluding hydrogens is 228 g/mol. The van der Waals surface area contributed by atoms with Crippen molar-refractivity contribution in [3.05, 3.63) is 35.9 Å². The Morgan fingerprint density at radius 3 is 2.78 bits per heavy atom. The molecule has 0 spiro atoms. The zero-order valence-corrected chi connectivity index (χ0v) is 10.5. The lowest BCUT2D eigenvalue weighted by atomic mass is 10.1. The Bertz CT molecular complexity index is 394. The molecule has 1 aromatic carbocycles. The third-order valence-electron chi connectivity index (χ3n) is 3.47. The van der Waals surface area contributed by atoms with Gasteiger partial charge in [-0.3, -0.25) is 4.79 Å². The molecule has 3 N–H and O–H groups in total. The average molecular weight is 248 g/mol. The normalized spacial score (nSPS) is 21.0. The summed E-state index contributed by atoms with van der Waals surface area (Å²) in [5, 5.41) is 9.07. The summed E-state index contributed by atoms with van der Waals surface area (Å²) in [6.45, 7) is 1.50. The summed E-state index contributed by atoms with van der Waals surface area (Å²) >= 11 is 0. The first-order valence-corrected chi connectivity index (χ1v) is 6.40. The van der Waals surface area contributed by atoms with E-state index in [0.29, 0.717) is 19.5 Å². The van der Waals surface area contributed by atoms with Crippen molar-refractivity contribution in [3.8, 4) is 0 Å². The van der Waals surface area contributed by atoms with Crippen molar-refractivity contribution in [2.24, 2.45) is 11.7 Å². The van der Waals surface area contributed by atoms with Crippen molar-refractivity contribution in [1.82, 2.24) is 4.90 Å². The molecule has 18 heavy (non-hydrogen) atoms. The maximum absolute atomic E-state index is 12.1. The molecule has 1 aliphatic heterocycles. The van der Waals surface area contributed by atoms with Crippen molar-refractivity contribution in [2.45, 2.75) is 18.9 Å². The van der Waals surface area contributed by atoms with Crippen LogP contribution < -0.4 is 5.73 Å². The third-order valence-corrected chi connectivity index (χ3v) is 3.47. The van der Waals surface area contributed by atoms with E-state index in [1.54, 1.807) is 4.90 Å². The molecular formula is C14H20N2O2. The second-order valence-electron chi connectivity index (χ2n) is 4.92. The van der Waals surface area contributed by atoms with Gasteiger partial charge in [0.05, 0.1) is 6.04 Å². The van der Waals surface area contributed by atoms with E-state index in [9.17, 15) is 4.79 Å². The van der Waals surface area contributed by atoms with Gasteiger partial charge in [0.25, 0.3) is 0 Å². The maximum atomic E-state index is 12.1. The average Bonchev–Trinajstić information content (AvgIpc) is 2.87. The number of amides is 1. The lowest BCUT2D eigenvalue weighted by Crippen LogP contribution is -2.44. The van der Waals surface area contributed by atoms with Crippen LogP contribution in [0.15, 0.2) is 30.3 Å². The molecule has 0 radical (unpaired) electrons. The van der Waals surface area contributed by atoms with Crippen LogP contribution in [0.4, 0.5) is 0 Å². The van der Waals surface area contributed by atoms with Crippen LogP contribution in [0.2, 0.25) is 0 Å². The van der Waals surface area contributed by atoms with E-state index in [2.05, 4.69) is 0 Å². The molecule has 0 aliphatic carbocycles. The summed E-state index contributed by atoms with van der Waals surface area (Å²) in [6.07, 6.45) is 1.44. The smallest absolute Gasteiger partial charge is 0.239 e. The fourth-order valence-corrected chi connectivity index (χ4v) is 2.37. The fourth-order valence-electron chi connectivity index (χ4n) is 2.37. The predicted octanol–water partition coefficient (Wildman–Crippen LogP) is 0.397. The Hall–Kier alpha value is -1.39. The highest BCUT2D eigenvalue weighted by Gasteiger charge is 2.28. The topological polar surface area (TPSA) is 66.6 Å². The minimum absolute atomic E-state index is 0.00481. The van der Waals surface area contributed by atoms with Gasteiger partial charge in [-0.2, -0.15) is 0 Å². The van der Waals surface area contributed by atoms with Crippen LogP contribution >= 0.6 is 0 Å². The SMILES string of the molecule is N[C@@H](Cc1ccccc1)C(=O)N1CCC(CO)C1. The Morgan fingerprint density at radius 2 is 2.17 bits per heavy atom. The molecule has 2 atom stereocenters. The van der Waals surface area contributed by atoms with Crippen LogP contribution in [-0.4, -0.2) is 41.7 Å². The molecule has 0 aromatic heterocycles. The number of carbonyl (C=O) groups excluding carboxylic acids is 1. The fraction of sp³-hybridized carbons (Fsp3) is 0.500. The van der Waals surface area contributed by atoms with Crippen LogP contribution in [0.5, 0.6) is 0 Å². The van der Waals surface area contributed by atoms with Gasteiger partial charge in [-0.15, -0.1) is 0 Å². The second-order valence-corrected chi connectivity index (χ2v) is 4.92. The van der Waals surface area contributed by atoms with Crippen LogP contribution in [0.1, 0.15) is 12.0 Å². The molecule has 1 aromatic rings. The number of carbonyl (C=O) groups is 1. The lowest BCUT2D eigenvalue weighted by molar-refractivity contribution is -0.131. The number of rotatable bonds is 4. The Kier molecular flexibility index (Phi) is 4.33. The first-order chi connectivity index (χ1) is 8.70. The molecule has 4 heteroatoms. The molecule has 1 aliphatic rings. The van der Waals surface area contributed by atoms with E-state index in [4.69, 9.17) is 10.8 Å². The number of nitrogens with zero attached hydrogens (tertiary/aromatic N) is 1. The molecule has 1 unspecified atom stereocenters. The molecule has 0 saturated carbocycles. The highest BCUT2D eigenvalue weighted by Crippen LogP contribution is 2.16. The summed E-state index contributed by atoms with van der Waals surface area (Å²) < 4.78 is 0. The van der Waals surface area contributed by atoms with Gasteiger partial charge in [-0.05, 0) is 18.4 Å². The Labute approximate surface area is 107 Å². The van der Waals surface area contributed by atoms with Crippen LogP contribution in [-0.2, 0) is 11.2 Å². The monoisotopic (exact) mass is 248 g/mol. The molecule has 1 amide bonds.